The zero-order chi connectivity index (χ0) is 33.0. The largest absolute Gasteiger partial charge is 0.506 e. The number of carbonyl (C=O) groups is 5. The molecule has 2 atom stereocenters. The quantitative estimate of drug-likeness (QED) is 0.0405. The van der Waals surface area contributed by atoms with E-state index in [1.165, 1.54) is 51.8 Å². The van der Waals surface area contributed by atoms with E-state index in [9.17, 15) is 34.2 Å². The number of halogens is 1. The van der Waals surface area contributed by atoms with E-state index in [0.29, 0.717) is 17.1 Å². The Bertz CT molecular complexity index is 1780. The number of aromatic hydroxyl groups is 1. The molecular weight excluding hydrogens is 688 g/mol. The molecule has 4 amide bonds. The molecule has 5 N–H and O–H groups in total. The van der Waals surface area contributed by atoms with Crippen molar-refractivity contribution in [3.05, 3.63) is 45.6 Å². The number of carboxylic acids is 1. The van der Waals surface area contributed by atoms with Gasteiger partial charge in [0.2, 0.25) is 11.6 Å². The van der Waals surface area contributed by atoms with Gasteiger partial charge in [0.25, 0.3) is 17.7 Å². The lowest BCUT2D eigenvalue weighted by molar-refractivity contribution is -0.150. The van der Waals surface area contributed by atoms with Crippen molar-refractivity contribution in [3.63, 3.8) is 0 Å². The van der Waals surface area contributed by atoms with Crippen molar-refractivity contribution in [2.75, 3.05) is 28.7 Å². The Hall–Kier alpha value is -4.73. The molecule has 18 nitrogen and oxygen atoms in total. The zero-order valence-electron chi connectivity index (χ0n) is 23.2. The SMILES string of the molecule is Cn1nnnc1SCC1=C(C(=O)O)N2C(=O)C(NC(=O)C(=NOCC(=O)Nc3cc(Cl)ccc3O)c3csc(NC=O)n3)[C@@H]2SC1. The summed E-state index contributed by atoms with van der Waals surface area (Å²) in [5, 5.41) is 43.6. The summed E-state index contributed by atoms with van der Waals surface area (Å²) in [6.07, 6.45) is 0.387. The number of nitrogens with one attached hydrogen (secondary N) is 3. The lowest BCUT2D eigenvalue weighted by Gasteiger charge is -2.49. The van der Waals surface area contributed by atoms with Crippen LogP contribution in [0, 0.1) is 0 Å². The Labute approximate surface area is 275 Å². The van der Waals surface area contributed by atoms with E-state index < -0.39 is 47.4 Å². The van der Waals surface area contributed by atoms with Crippen LogP contribution in [-0.2, 0) is 35.9 Å². The number of fused-ring (bicyclic) bond motifs is 1. The first-order chi connectivity index (χ1) is 22.1. The minimum absolute atomic E-state index is 0.0207. The van der Waals surface area contributed by atoms with E-state index in [0.717, 1.165) is 16.2 Å². The molecule has 2 aliphatic rings. The number of aromatic nitrogens is 5. The van der Waals surface area contributed by atoms with Gasteiger partial charge in [0.05, 0.1) is 5.69 Å². The predicted octanol–water partition coefficient (Wildman–Crippen LogP) is 0.484. The van der Waals surface area contributed by atoms with Gasteiger partial charge < -0.3 is 31.0 Å². The molecular formula is C24H21ClN10O8S3. The normalized spacial score (nSPS) is 17.6. The number of amides is 4. The van der Waals surface area contributed by atoms with Crippen molar-refractivity contribution in [2.45, 2.75) is 16.6 Å². The Balaban J connectivity index is 1.29. The molecule has 46 heavy (non-hydrogen) atoms. The monoisotopic (exact) mass is 708 g/mol. The molecule has 1 fully saturated rings. The molecule has 0 radical (unpaired) electrons. The van der Waals surface area contributed by atoms with Crippen molar-refractivity contribution >= 4 is 93.1 Å². The van der Waals surface area contributed by atoms with E-state index >= 15 is 0 Å². The summed E-state index contributed by atoms with van der Waals surface area (Å²) in [7, 11) is 1.64. The van der Waals surface area contributed by atoms with Crippen LogP contribution in [-0.4, -0.2) is 106 Å². The molecule has 2 aliphatic heterocycles. The summed E-state index contributed by atoms with van der Waals surface area (Å²) in [6.45, 7) is -0.696. The van der Waals surface area contributed by atoms with Crippen LogP contribution in [0.1, 0.15) is 5.69 Å². The van der Waals surface area contributed by atoms with Gasteiger partial charge in [-0.3, -0.25) is 24.1 Å². The average Bonchev–Trinajstić information content (AvgIpc) is 3.66. The molecule has 4 heterocycles. The number of phenols is 1. The standard InChI is InChI=1S/C24H21ClN10O8S3/c1-34-24(30-32-33-34)46-7-10-6-44-21-17(20(40)35(21)18(10)22(41)42)29-19(39)16(13-8-45-23(28-13)26-9-36)31-43-5-15(38)27-12-4-11(25)2-3-14(12)37/h2-4,8-9,17,21,37H,5-7H2,1H3,(H,27,38)(H,29,39)(H,41,42)(H,26,28,36)/t17?,21-/m0/s1. The Morgan fingerprint density at radius 1 is 1.33 bits per heavy atom. The van der Waals surface area contributed by atoms with Crippen LogP contribution >= 0.6 is 46.5 Å². The minimum atomic E-state index is -1.30. The fourth-order valence-corrected chi connectivity index (χ4v) is 7.31. The van der Waals surface area contributed by atoms with Crippen LogP contribution in [0.3, 0.4) is 0 Å². The van der Waals surface area contributed by atoms with Crippen molar-refractivity contribution in [3.8, 4) is 5.75 Å². The number of aliphatic carboxylic acids is 1. The summed E-state index contributed by atoms with van der Waals surface area (Å²) in [5.41, 5.74) is -0.141. The maximum absolute atomic E-state index is 13.4. The number of tetrazole rings is 1. The Morgan fingerprint density at radius 2 is 2.13 bits per heavy atom. The number of hydrogen-bond acceptors (Lipinski definition) is 15. The lowest BCUT2D eigenvalue weighted by Crippen LogP contribution is -2.71. The molecule has 1 unspecified atom stereocenters. The summed E-state index contributed by atoms with van der Waals surface area (Å²) < 4.78 is 1.44. The van der Waals surface area contributed by atoms with Gasteiger partial charge >= 0.3 is 5.97 Å². The van der Waals surface area contributed by atoms with E-state index in [4.69, 9.17) is 16.4 Å². The zero-order valence-corrected chi connectivity index (χ0v) is 26.4. The molecule has 240 valence electrons. The molecule has 5 rings (SSSR count). The molecule has 2 aromatic heterocycles. The summed E-state index contributed by atoms with van der Waals surface area (Å²) >= 11 is 9.34. The van der Waals surface area contributed by atoms with Gasteiger partial charge in [0.1, 0.15) is 28.6 Å². The summed E-state index contributed by atoms with van der Waals surface area (Å²) in [6, 6.07) is 2.91. The highest BCUT2D eigenvalue weighted by molar-refractivity contribution is 8.01. The number of thiazole rings is 1. The van der Waals surface area contributed by atoms with E-state index in [2.05, 4.69) is 41.6 Å². The van der Waals surface area contributed by atoms with Crippen molar-refractivity contribution < 1.29 is 39.0 Å². The molecule has 3 aromatic rings. The van der Waals surface area contributed by atoms with Gasteiger partial charge in [-0.05, 0) is 34.2 Å². The van der Waals surface area contributed by atoms with Crippen LogP contribution in [0.2, 0.25) is 5.02 Å². The molecule has 0 bridgehead atoms. The third-order valence-corrected chi connectivity index (χ3v) is 9.67. The van der Waals surface area contributed by atoms with Gasteiger partial charge in [-0.15, -0.1) is 28.2 Å². The maximum Gasteiger partial charge on any atom is 0.352 e. The molecule has 0 saturated carbocycles. The van der Waals surface area contributed by atoms with Gasteiger partial charge in [-0.1, -0.05) is 28.5 Å². The Kier molecular flexibility index (Phi) is 10.0. The van der Waals surface area contributed by atoms with Crippen LogP contribution in [0.5, 0.6) is 5.75 Å². The minimum Gasteiger partial charge on any atom is -0.506 e. The fraction of sp³-hybridized carbons (Fsp3) is 0.250. The second-order valence-electron chi connectivity index (χ2n) is 9.22. The predicted molar refractivity (Wildman–Crippen MR) is 165 cm³/mol. The van der Waals surface area contributed by atoms with Crippen molar-refractivity contribution in [2.24, 2.45) is 12.2 Å². The fourth-order valence-electron chi connectivity index (χ4n) is 4.15. The maximum atomic E-state index is 13.4. The van der Waals surface area contributed by atoms with Gasteiger partial charge in [0.15, 0.2) is 17.5 Å². The first-order valence-corrected chi connectivity index (χ1v) is 16.1. The second-order valence-corrected chi connectivity index (χ2v) is 12.6. The number of benzene rings is 1. The van der Waals surface area contributed by atoms with Crippen LogP contribution in [0.4, 0.5) is 10.8 Å². The molecule has 22 heteroatoms. The number of nitrogens with zero attached hydrogens (tertiary/aromatic N) is 7. The number of rotatable bonds is 13. The second kappa shape index (κ2) is 14.1. The van der Waals surface area contributed by atoms with Crippen LogP contribution in [0.15, 0.2) is 45.2 Å². The van der Waals surface area contributed by atoms with E-state index in [1.54, 1.807) is 7.05 Å². The molecule has 1 aromatic carbocycles. The highest BCUT2D eigenvalue weighted by Crippen LogP contribution is 2.41. The van der Waals surface area contributed by atoms with Crippen LogP contribution in [0.25, 0.3) is 0 Å². The number of carboxylic acid groups (broad SMARTS) is 1. The number of β-lactam (4-membered cyclic amide) rings is 1. The first kappa shape index (κ1) is 32.7. The number of aryl methyl sites for hydroxylation is 1. The highest BCUT2D eigenvalue weighted by atomic mass is 35.5. The number of thioether (sulfide) groups is 2. The van der Waals surface area contributed by atoms with E-state index in [-0.39, 0.29) is 44.5 Å². The number of phenolic OH excluding ortho intramolecular Hbond substituents is 1. The number of anilines is 2. The lowest BCUT2D eigenvalue weighted by atomic mass is 10.0. The topological polar surface area (TPSA) is 243 Å². The van der Waals surface area contributed by atoms with Gasteiger partial charge in [0, 0.05) is 29.0 Å². The van der Waals surface area contributed by atoms with Crippen LogP contribution < -0.4 is 16.0 Å². The first-order valence-electron chi connectivity index (χ1n) is 12.8. The molecule has 1 saturated heterocycles. The molecule has 0 aliphatic carbocycles. The number of oxime groups is 1. The number of hydrogen-bond donors (Lipinski definition) is 5. The van der Waals surface area contributed by atoms with Crippen molar-refractivity contribution in [1.29, 1.82) is 0 Å². The molecule has 0 spiro atoms. The van der Waals surface area contributed by atoms with E-state index in [1.807, 2.05) is 0 Å². The smallest absolute Gasteiger partial charge is 0.352 e. The average molecular weight is 709 g/mol. The van der Waals surface area contributed by atoms with Gasteiger partial charge in [-0.2, -0.15) is 0 Å². The summed E-state index contributed by atoms with van der Waals surface area (Å²) in [4.78, 5) is 72.4. The van der Waals surface area contributed by atoms with Crippen molar-refractivity contribution in [1.82, 2.24) is 35.4 Å². The van der Waals surface area contributed by atoms with Gasteiger partial charge in [-0.25, -0.2) is 14.5 Å². The number of carbonyl (C=O) groups excluding carboxylic acids is 4. The summed E-state index contributed by atoms with van der Waals surface area (Å²) in [5.74, 6) is -3.38. The third-order valence-electron chi connectivity index (χ3n) is 6.22. The third kappa shape index (κ3) is 7.06. The highest BCUT2D eigenvalue weighted by Gasteiger charge is 2.54. The Morgan fingerprint density at radius 3 is 2.85 bits per heavy atom.